The lowest BCUT2D eigenvalue weighted by Gasteiger charge is -2.11. The average molecular weight is 212 g/mol. The first-order chi connectivity index (χ1) is 7.22. The fraction of sp³-hybridized carbons (Fsp3) is 0.917. The van der Waals surface area contributed by atoms with Gasteiger partial charge in [0.05, 0.1) is 0 Å². The summed E-state index contributed by atoms with van der Waals surface area (Å²) in [5, 5.41) is 6.35. The molecule has 0 saturated heterocycles. The molecule has 1 saturated carbocycles. The molecule has 1 fully saturated rings. The SMILES string of the molecule is CCCNC(=O)CCNC1CCC(C)C1. The Morgan fingerprint density at radius 3 is 2.73 bits per heavy atom. The molecule has 1 rings (SSSR count). The topological polar surface area (TPSA) is 41.1 Å². The maximum atomic E-state index is 11.3. The summed E-state index contributed by atoms with van der Waals surface area (Å²) in [5.74, 6) is 1.03. The van der Waals surface area contributed by atoms with Crippen molar-refractivity contribution in [3.8, 4) is 0 Å². The molecule has 2 N–H and O–H groups in total. The maximum Gasteiger partial charge on any atom is 0.221 e. The first kappa shape index (κ1) is 12.5. The molecule has 1 aliphatic carbocycles. The summed E-state index contributed by atoms with van der Waals surface area (Å²) >= 11 is 0. The molecule has 2 unspecified atom stereocenters. The lowest BCUT2D eigenvalue weighted by Crippen LogP contribution is -2.32. The van der Waals surface area contributed by atoms with E-state index in [4.69, 9.17) is 0 Å². The zero-order chi connectivity index (χ0) is 11.1. The second kappa shape index (κ2) is 6.83. The molecule has 0 aromatic heterocycles. The fourth-order valence-corrected chi connectivity index (χ4v) is 2.14. The number of rotatable bonds is 6. The minimum Gasteiger partial charge on any atom is -0.356 e. The van der Waals surface area contributed by atoms with Gasteiger partial charge in [-0.05, 0) is 31.6 Å². The Morgan fingerprint density at radius 2 is 2.13 bits per heavy atom. The molecule has 2 atom stereocenters. The third-order valence-corrected chi connectivity index (χ3v) is 3.05. The quantitative estimate of drug-likeness (QED) is 0.703. The van der Waals surface area contributed by atoms with Crippen LogP contribution in [0.25, 0.3) is 0 Å². The Morgan fingerprint density at radius 1 is 1.33 bits per heavy atom. The van der Waals surface area contributed by atoms with Crippen LogP contribution >= 0.6 is 0 Å². The first-order valence-corrected chi connectivity index (χ1v) is 6.22. The van der Waals surface area contributed by atoms with Gasteiger partial charge in [0.1, 0.15) is 0 Å². The van der Waals surface area contributed by atoms with Gasteiger partial charge in [0.2, 0.25) is 5.91 Å². The van der Waals surface area contributed by atoms with E-state index in [1.54, 1.807) is 0 Å². The zero-order valence-corrected chi connectivity index (χ0v) is 10.0. The smallest absolute Gasteiger partial charge is 0.221 e. The van der Waals surface area contributed by atoms with Crippen molar-refractivity contribution in [3.63, 3.8) is 0 Å². The highest BCUT2D eigenvalue weighted by molar-refractivity contribution is 5.75. The van der Waals surface area contributed by atoms with Gasteiger partial charge in [0.25, 0.3) is 0 Å². The van der Waals surface area contributed by atoms with Crippen molar-refractivity contribution in [3.05, 3.63) is 0 Å². The lowest BCUT2D eigenvalue weighted by molar-refractivity contribution is -0.121. The summed E-state index contributed by atoms with van der Waals surface area (Å²) < 4.78 is 0. The Labute approximate surface area is 93.0 Å². The van der Waals surface area contributed by atoms with Crippen LogP contribution < -0.4 is 10.6 Å². The number of carbonyl (C=O) groups is 1. The van der Waals surface area contributed by atoms with Crippen LogP contribution in [-0.4, -0.2) is 25.0 Å². The van der Waals surface area contributed by atoms with Crippen LogP contribution in [-0.2, 0) is 4.79 Å². The van der Waals surface area contributed by atoms with E-state index >= 15 is 0 Å². The van der Waals surface area contributed by atoms with Crippen LogP contribution in [0, 0.1) is 5.92 Å². The molecule has 88 valence electrons. The lowest BCUT2D eigenvalue weighted by atomic mass is 10.1. The van der Waals surface area contributed by atoms with E-state index in [9.17, 15) is 4.79 Å². The second-order valence-corrected chi connectivity index (χ2v) is 4.67. The third kappa shape index (κ3) is 5.17. The number of hydrogen-bond acceptors (Lipinski definition) is 2. The predicted octanol–water partition coefficient (Wildman–Crippen LogP) is 1.68. The molecule has 3 nitrogen and oxygen atoms in total. The molecule has 0 spiro atoms. The van der Waals surface area contributed by atoms with Crippen molar-refractivity contribution in [1.29, 1.82) is 0 Å². The number of nitrogens with one attached hydrogen (secondary N) is 2. The molecule has 1 amide bonds. The van der Waals surface area contributed by atoms with Gasteiger partial charge in [0, 0.05) is 25.6 Å². The Bertz CT molecular complexity index is 194. The maximum absolute atomic E-state index is 11.3. The minimum atomic E-state index is 0.176. The van der Waals surface area contributed by atoms with Gasteiger partial charge >= 0.3 is 0 Å². The van der Waals surface area contributed by atoms with Crippen molar-refractivity contribution < 1.29 is 4.79 Å². The average Bonchev–Trinajstić information content (AvgIpc) is 2.61. The van der Waals surface area contributed by atoms with Gasteiger partial charge in [-0.25, -0.2) is 0 Å². The summed E-state index contributed by atoms with van der Waals surface area (Å²) in [5.41, 5.74) is 0. The van der Waals surface area contributed by atoms with Gasteiger partial charge in [0.15, 0.2) is 0 Å². The monoisotopic (exact) mass is 212 g/mol. The highest BCUT2D eigenvalue weighted by Crippen LogP contribution is 2.24. The van der Waals surface area contributed by atoms with E-state index in [1.165, 1.54) is 19.3 Å². The molecule has 0 heterocycles. The van der Waals surface area contributed by atoms with Gasteiger partial charge in [-0.15, -0.1) is 0 Å². The van der Waals surface area contributed by atoms with Crippen molar-refractivity contribution in [2.75, 3.05) is 13.1 Å². The molecule has 3 heteroatoms. The van der Waals surface area contributed by atoms with Crippen LogP contribution in [0.1, 0.15) is 46.0 Å². The van der Waals surface area contributed by atoms with Crippen molar-refractivity contribution in [2.24, 2.45) is 5.92 Å². The third-order valence-electron chi connectivity index (χ3n) is 3.05. The van der Waals surface area contributed by atoms with Crippen molar-refractivity contribution in [2.45, 2.75) is 52.0 Å². The van der Waals surface area contributed by atoms with Gasteiger partial charge in [-0.3, -0.25) is 4.79 Å². The first-order valence-electron chi connectivity index (χ1n) is 6.22. The van der Waals surface area contributed by atoms with E-state index in [2.05, 4.69) is 24.5 Å². The summed E-state index contributed by atoms with van der Waals surface area (Å²) in [7, 11) is 0. The van der Waals surface area contributed by atoms with Gasteiger partial charge in [-0.1, -0.05) is 13.8 Å². The highest BCUT2D eigenvalue weighted by Gasteiger charge is 2.20. The minimum absolute atomic E-state index is 0.176. The number of hydrogen-bond donors (Lipinski definition) is 2. The molecule has 0 bridgehead atoms. The van der Waals surface area contributed by atoms with Crippen LogP contribution in [0.5, 0.6) is 0 Å². The molecular weight excluding hydrogens is 188 g/mol. The van der Waals surface area contributed by atoms with Gasteiger partial charge < -0.3 is 10.6 Å². The Balaban J connectivity index is 1.98. The predicted molar refractivity (Wildman–Crippen MR) is 62.7 cm³/mol. The molecule has 15 heavy (non-hydrogen) atoms. The fourth-order valence-electron chi connectivity index (χ4n) is 2.14. The summed E-state index contributed by atoms with van der Waals surface area (Å²) in [4.78, 5) is 11.3. The van der Waals surface area contributed by atoms with E-state index in [-0.39, 0.29) is 5.91 Å². The largest absolute Gasteiger partial charge is 0.356 e. The summed E-state index contributed by atoms with van der Waals surface area (Å²) in [6.45, 7) is 6.00. The second-order valence-electron chi connectivity index (χ2n) is 4.67. The van der Waals surface area contributed by atoms with Crippen molar-refractivity contribution in [1.82, 2.24) is 10.6 Å². The van der Waals surface area contributed by atoms with Crippen LogP contribution in [0.2, 0.25) is 0 Å². The van der Waals surface area contributed by atoms with Crippen molar-refractivity contribution >= 4 is 5.91 Å². The van der Waals surface area contributed by atoms with Crippen LogP contribution in [0.3, 0.4) is 0 Å². The van der Waals surface area contributed by atoms with E-state index in [1.807, 2.05) is 0 Å². The standard InChI is InChI=1S/C12H24N2O/c1-3-7-14-12(15)6-8-13-11-5-4-10(2)9-11/h10-11,13H,3-9H2,1-2H3,(H,14,15). The molecule has 0 aromatic carbocycles. The number of carbonyl (C=O) groups excluding carboxylic acids is 1. The van der Waals surface area contributed by atoms with Crippen LogP contribution in [0.4, 0.5) is 0 Å². The molecule has 0 aromatic rings. The molecule has 0 aliphatic heterocycles. The molecular formula is C12H24N2O. The molecule has 1 aliphatic rings. The zero-order valence-electron chi connectivity index (χ0n) is 10.0. The molecule has 0 radical (unpaired) electrons. The van der Waals surface area contributed by atoms with E-state index < -0.39 is 0 Å². The van der Waals surface area contributed by atoms with E-state index in [0.29, 0.717) is 12.5 Å². The van der Waals surface area contributed by atoms with Crippen LogP contribution in [0.15, 0.2) is 0 Å². The summed E-state index contributed by atoms with van der Waals surface area (Å²) in [6.07, 6.45) is 5.51. The summed E-state index contributed by atoms with van der Waals surface area (Å²) in [6, 6.07) is 0.652. The van der Waals surface area contributed by atoms with E-state index in [0.717, 1.165) is 25.4 Å². The Kier molecular flexibility index (Phi) is 5.69. The highest BCUT2D eigenvalue weighted by atomic mass is 16.1. The normalized spacial score (nSPS) is 25.5. The van der Waals surface area contributed by atoms with Gasteiger partial charge in [-0.2, -0.15) is 0 Å². The Hall–Kier alpha value is -0.570. The number of amides is 1.